The summed E-state index contributed by atoms with van der Waals surface area (Å²) in [6.07, 6.45) is -33.9. The maximum absolute atomic E-state index is 12.9. The molecule has 11 unspecified atom stereocenters. The fourth-order valence-electron chi connectivity index (χ4n) is 10.7. The third kappa shape index (κ3) is 18.2. The molecule has 0 N–H and O–H groups in total. The van der Waals surface area contributed by atoms with Crippen molar-refractivity contribution in [2.75, 3.05) is 33.2 Å². The summed E-state index contributed by atoms with van der Waals surface area (Å²) in [6, 6.07) is 0. The van der Waals surface area contributed by atoms with Gasteiger partial charge in [0, 0.05) is 23.7 Å². The molecular formula is C39H58O38S6-8. The molecule has 7 aliphatic heterocycles. The van der Waals surface area contributed by atoms with Crippen molar-refractivity contribution in [3.63, 3.8) is 0 Å². The highest BCUT2D eigenvalue weighted by molar-refractivity contribution is 7.82. The van der Waals surface area contributed by atoms with Gasteiger partial charge in [0.25, 0.3) is 0 Å². The number of aliphatic carboxylic acids is 1. The standard InChI is InChI=1S/C39H65O38S6/c1-14-15(2)22(9-63-78(43,44)45)67-35(17(14)4)70-27-16(3)18(5)36(72-31(27)34(41)42)71-29-24(11-65-80(49,50)51)68-37(32(77-83(58,59)60)30(29)76-82(55,56)57)73-33-20(7)28-38(74-39(33,12-61-28)62-13-40)69-26-19(6)25(75-81(52,53)54)21(8)66-23(26)10-64-79(46,47)48/h14-33,35-38H,9-13H2,1-8H3,(H,41,42)(H,43,44,45)(H,46,47,48)(H,49,50,51)(H,52,53,54)(H,55,56,57)(H,58,59,60)/q-1/p-7/t14?,15-,16?,17?,18?,19?,20-,21+,22-,23-,24?,25?,26-,27-,28+,29?,30-,31+,32?,33?,35+,36+,37-,38+,39?/m0/s1. The predicted molar refractivity (Wildman–Crippen MR) is 243 cm³/mol. The van der Waals surface area contributed by atoms with Crippen LogP contribution in [0.1, 0.15) is 55.4 Å². The van der Waals surface area contributed by atoms with Gasteiger partial charge < -0.3 is 94.4 Å². The van der Waals surface area contributed by atoms with Crippen LogP contribution in [0, 0.1) is 41.4 Å². The topological polar surface area (TPSA) is 563 Å². The SMILES string of the molecule is CC1C(C)[C@H](C)[C@H](COS(=O)(=O)[O-])O[C@@H]1O[C@H]1C(C)C(C)[C@H](OC2C(COS(=O)(=O)[O-])O[C@@H](OC3[C@@H](C)[C@H]4OCC3(OC[O-])O[C@H]4O[C@H]3C(C)C(OS(=O)(=O)[O-])[C@@H](C)O[C@H]3COS(=O)(=O)[O-])C(OS(=O)(=O)[O-])[C@H]2OS(=O)(=O)[O-])O[C@H]1C(=O)[O-]. The Hall–Kier alpha value is -1.79. The number of carbonyl (C=O) groups is 1. The Kier molecular flexibility index (Phi) is 22.6. The Labute approximate surface area is 476 Å². The lowest BCUT2D eigenvalue weighted by molar-refractivity contribution is -0.526. The number of carboxylic acid groups (broad SMARTS) is 1. The Morgan fingerprint density at radius 2 is 0.916 bits per heavy atom. The molecule has 83 heavy (non-hydrogen) atoms. The molecular weight excluding hydrogens is 1270 g/mol. The molecule has 7 aliphatic rings. The summed E-state index contributed by atoms with van der Waals surface area (Å²) in [4.78, 5) is 12.9. The van der Waals surface area contributed by atoms with Crippen LogP contribution in [0.5, 0.6) is 0 Å². The van der Waals surface area contributed by atoms with E-state index in [1.54, 1.807) is 20.8 Å². The third-order valence-corrected chi connectivity index (χ3v) is 17.8. The maximum atomic E-state index is 12.9. The highest BCUT2D eigenvalue weighted by atomic mass is 32.3. The molecule has 38 nitrogen and oxygen atoms in total. The lowest BCUT2D eigenvalue weighted by Gasteiger charge is -2.58. The number of fused-ring (bicyclic) bond motifs is 3. The molecule has 0 spiro atoms. The van der Waals surface area contributed by atoms with E-state index >= 15 is 0 Å². The first kappa shape index (κ1) is 70.3. The van der Waals surface area contributed by atoms with E-state index in [4.69, 9.17) is 56.3 Å². The predicted octanol–water partition coefficient (Wildman–Crippen LogP) is -6.56. The first-order chi connectivity index (χ1) is 37.9. The smallest absolute Gasteiger partial charge is 0.220 e. The maximum Gasteiger partial charge on any atom is 0.220 e. The van der Waals surface area contributed by atoms with Crippen molar-refractivity contribution in [1.29, 1.82) is 0 Å². The number of rotatable bonds is 26. The average molecular weight is 1330 g/mol. The summed E-state index contributed by atoms with van der Waals surface area (Å²) < 4.78 is 307. The van der Waals surface area contributed by atoms with Gasteiger partial charge in [-0.05, 0) is 31.5 Å². The monoisotopic (exact) mass is 1330 g/mol. The fourth-order valence-corrected chi connectivity index (χ4v) is 13.2. The van der Waals surface area contributed by atoms with Crippen molar-refractivity contribution in [3.8, 4) is 0 Å². The minimum Gasteiger partial charge on any atom is -0.834 e. The number of carboxylic acids is 1. The van der Waals surface area contributed by atoms with Crippen LogP contribution >= 0.6 is 0 Å². The number of hydrogen-bond donors (Lipinski definition) is 0. The van der Waals surface area contributed by atoms with E-state index < -0.39 is 247 Å². The molecule has 25 atom stereocenters. The molecule has 0 amide bonds. The number of ether oxygens (including phenoxy) is 11. The molecule has 7 rings (SSSR count). The normalized spacial score (nSPS) is 42.3. The second kappa shape index (κ2) is 26.7. The number of carbonyl (C=O) groups excluding carboxylic acids is 1. The van der Waals surface area contributed by atoms with Gasteiger partial charge in [-0.15, -0.1) is 0 Å². The molecule has 7 heterocycles. The van der Waals surface area contributed by atoms with Crippen LogP contribution in [-0.4, -0.2) is 227 Å². The van der Waals surface area contributed by atoms with Crippen LogP contribution in [0.3, 0.4) is 0 Å². The van der Waals surface area contributed by atoms with Crippen molar-refractivity contribution < 1.29 is 170 Å². The van der Waals surface area contributed by atoms with Gasteiger partial charge >= 0.3 is 0 Å². The molecule has 44 heteroatoms. The zero-order valence-electron chi connectivity index (χ0n) is 44.4. The third-order valence-electron chi connectivity index (χ3n) is 15.2. The number of hydrogen-bond acceptors (Lipinski definition) is 38. The Morgan fingerprint density at radius 1 is 0.458 bits per heavy atom. The van der Waals surface area contributed by atoms with E-state index in [1.807, 2.05) is 0 Å². The van der Waals surface area contributed by atoms with E-state index in [9.17, 15) is 92.8 Å². The van der Waals surface area contributed by atoms with Gasteiger partial charge in [0.2, 0.25) is 68.2 Å². The zero-order chi connectivity index (χ0) is 62.5. The summed E-state index contributed by atoms with van der Waals surface area (Å²) in [5.41, 5.74) is 0. The van der Waals surface area contributed by atoms with Gasteiger partial charge in [-0.1, -0.05) is 48.5 Å². The Bertz CT molecular complexity index is 2930. The van der Waals surface area contributed by atoms with Crippen LogP contribution in [0.25, 0.3) is 0 Å². The second-order valence-corrected chi connectivity index (χ2v) is 26.6. The molecule has 7 fully saturated rings. The summed E-state index contributed by atoms with van der Waals surface area (Å²) in [5, 5.41) is 25.3. The molecule has 486 valence electrons. The van der Waals surface area contributed by atoms with Gasteiger partial charge in [0.05, 0.1) is 50.2 Å². The van der Waals surface area contributed by atoms with Crippen LogP contribution in [0.4, 0.5) is 0 Å². The van der Waals surface area contributed by atoms with Crippen molar-refractivity contribution in [2.24, 2.45) is 41.4 Å². The Morgan fingerprint density at radius 3 is 1.43 bits per heavy atom. The summed E-state index contributed by atoms with van der Waals surface area (Å²) in [6.45, 7) is 5.33. The van der Waals surface area contributed by atoms with Crippen LogP contribution < -0.4 is 10.2 Å². The molecule has 0 saturated carbocycles. The highest BCUT2D eigenvalue weighted by Crippen LogP contribution is 2.48. The lowest BCUT2D eigenvalue weighted by Crippen LogP contribution is -2.74. The van der Waals surface area contributed by atoms with Gasteiger partial charge in [-0.2, -0.15) is 0 Å². The summed E-state index contributed by atoms with van der Waals surface area (Å²) >= 11 is 0. The summed E-state index contributed by atoms with van der Waals surface area (Å²) in [7, 11) is -34.5. The molecule has 2 bridgehead atoms. The Balaban J connectivity index is 1.34. The highest BCUT2D eigenvalue weighted by Gasteiger charge is 2.64. The van der Waals surface area contributed by atoms with Gasteiger partial charge in [0.15, 0.2) is 31.3 Å². The molecule has 0 radical (unpaired) electrons. The minimum absolute atomic E-state index is 0.378. The first-order valence-corrected chi connectivity index (χ1v) is 32.6. The van der Waals surface area contributed by atoms with E-state index in [2.05, 4.69) is 20.9 Å². The van der Waals surface area contributed by atoms with E-state index in [1.165, 1.54) is 34.6 Å². The van der Waals surface area contributed by atoms with E-state index in [0.29, 0.717) is 0 Å². The molecule has 0 aromatic heterocycles. The van der Waals surface area contributed by atoms with Gasteiger partial charge in [0.1, 0.15) is 55.4 Å². The average Bonchev–Trinajstić information content (AvgIpc) is 1.47. The molecule has 0 aliphatic carbocycles. The molecule has 7 saturated heterocycles. The molecule has 0 aromatic carbocycles. The van der Waals surface area contributed by atoms with E-state index in [0.717, 1.165) is 0 Å². The van der Waals surface area contributed by atoms with Crippen LogP contribution in [0.15, 0.2) is 0 Å². The summed E-state index contributed by atoms with van der Waals surface area (Å²) in [5.74, 6) is -11.3. The largest absolute Gasteiger partial charge is 0.834 e. The first-order valence-electron chi connectivity index (χ1n) is 24.6. The molecule has 0 aromatic rings. The van der Waals surface area contributed by atoms with Crippen molar-refractivity contribution >= 4 is 68.4 Å². The zero-order valence-corrected chi connectivity index (χ0v) is 49.3. The van der Waals surface area contributed by atoms with Crippen molar-refractivity contribution in [2.45, 2.75) is 166 Å². The van der Waals surface area contributed by atoms with Crippen LogP contribution in [-0.2, 0) is 144 Å². The van der Waals surface area contributed by atoms with Crippen LogP contribution in [0.2, 0.25) is 0 Å². The fraction of sp³-hybridized carbons (Fsp3) is 0.974. The quantitative estimate of drug-likeness (QED) is 0.0441. The van der Waals surface area contributed by atoms with Gasteiger partial charge in [-0.25, -0.2) is 50.5 Å². The second-order valence-electron chi connectivity index (χ2n) is 20.4. The van der Waals surface area contributed by atoms with Gasteiger partial charge in [-0.3, -0.25) is 25.1 Å². The lowest BCUT2D eigenvalue weighted by atomic mass is 9.78. The van der Waals surface area contributed by atoms with E-state index in [-0.39, 0.29) is 5.92 Å². The minimum atomic E-state index is -6.25. The van der Waals surface area contributed by atoms with Crippen molar-refractivity contribution in [3.05, 3.63) is 0 Å². The van der Waals surface area contributed by atoms with Crippen molar-refractivity contribution in [1.82, 2.24) is 0 Å².